The first kappa shape index (κ1) is 20.3. The van der Waals surface area contributed by atoms with Crippen LogP contribution in [0.4, 0.5) is 11.5 Å². The summed E-state index contributed by atoms with van der Waals surface area (Å²) in [7, 11) is 0. The van der Waals surface area contributed by atoms with E-state index >= 15 is 0 Å². The third-order valence-electron chi connectivity index (χ3n) is 5.25. The predicted molar refractivity (Wildman–Crippen MR) is 115 cm³/mol. The lowest BCUT2D eigenvalue weighted by atomic mass is 10.1. The summed E-state index contributed by atoms with van der Waals surface area (Å²) in [5.74, 6) is 1.92. The van der Waals surface area contributed by atoms with Crippen molar-refractivity contribution in [3.05, 3.63) is 67.3 Å². The smallest absolute Gasteiger partial charge is 0.167 e. The standard InChI is InChI=1S/C22H21N5O5/c28-10-16-18(29)19(30)22(32-16)27-12-25-17-20(23-11-24-21(17)27)26-13-6-8-15(9-7-13)31-14-4-2-1-3-5-14/h1-9,11-12,16,18-19,22,28-30H,10H2,(H,23,24,26). The van der Waals surface area contributed by atoms with E-state index in [4.69, 9.17) is 9.47 Å². The normalized spacial score (nSPS) is 22.8. The van der Waals surface area contributed by atoms with Gasteiger partial charge in [-0.15, -0.1) is 0 Å². The Hall–Kier alpha value is -3.57. The lowest BCUT2D eigenvalue weighted by Crippen LogP contribution is -2.33. The van der Waals surface area contributed by atoms with Gasteiger partial charge >= 0.3 is 0 Å². The molecule has 0 bridgehead atoms. The van der Waals surface area contributed by atoms with E-state index in [9.17, 15) is 15.3 Å². The molecule has 10 nitrogen and oxygen atoms in total. The first-order valence-corrected chi connectivity index (χ1v) is 10.0. The minimum atomic E-state index is -1.23. The molecule has 0 spiro atoms. The van der Waals surface area contributed by atoms with Crippen molar-refractivity contribution in [1.82, 2.24) is 19.5 Å². The van der Waals surface area contributed by atoms with Gasteiger partial charge in [0.1, 0.15) is 36.1 Å². The zero-order valence-corrected chi connectivity index (χ0v) is 16.8. The average molecular weight is 435 g/mol. The molecular weight excluding hydrogens is 414 g/mol. The van der Waals surface area contributed by atoms with Crippen LogP contribution in [-0.2, 0) is 4.74 Å². The predicted octanol–water partition coefficient (Wildman–Crippen LogP) is 1.97. The maximum atomic E-state index is 10.3. The van der Waals surface area contributed by atoms with Gasteiger partial charge in [0.05, 0.1) is 12.9 Å². The van der Waals surface area contributed by atoms with Crippen LogP contribution >= 0.6 is 0 Å². The van der Waals surface area contributed by atoms with Gasteiger partial charge in [0.15, 0.2) is 23.2 Å². The largest absolute Gasteiger partial charge is 0.457 e. The van der Waals surface area contributed by atoms with Gasteiger partial charge in [-0.3, -0.25) is 4.57 Å². The number of benzene rings is 2. The van der Waals surface area contributed by atoms with Gasteiger partial charge in [0, 0.05) is 5.69 Å². The molecule has 4 atom stereocenters. The van der Waals surface area contributed by atoms with Gasteiger partial charge in [-0.25, -0.2) is 15.0 Å². The number of hydrogen-bond acceptors (Lipinski definition) is 9. The number of fused-ring (bicyclic) bond motifs is 1. The number of anilines is 2. The van der Waals surface area contributed by atoms with Crippen molar-refractivity contribution in [1.29, 1.82) is 0 Å². The Morgan fingerprint density at radius 2 is 1.69 bits per heavy atom. The molecule has 1 fully saturated rings. The molecule has 5 rings (SSSR count). The van der Waals surface area contributed by atoms with Crippen molar-refractivity contribution in [3.63, 3.8) is 0 Å². The molecule has 1 aliphatic heterocycles. The van der Waals surface area contributed by atoms with E-state index in [2.05, 4.69) is 20.3 Å². The molecule has 1 aliphatic rings. The highest BCUT2D eigenvalue weighted by molar-refractivity contribution is 5.85. The Morgan fingerprint density at radius 3 is 2.41 bits per heavy atom. The van der Waals surface area contributed by atoms with Gasteiger partial charge in [0.2, 0.25) is 0 Å². The van der Waals surface area contributed by atoms with Gasteiger partial charge in [0.25, 0.3) is 0 Å². The summed E-state index contributed by atoms with van der Waals surface area (Å²) >= 11 is 0. The van der Waals surface area contributed by atoms with E-state index in [1.807, 2.05) is 54.6 Å². The third-order valence-corrected chi connectivity index (χ3v) is 5.25. The van der Waals surface area contributed by atoms with Crippen molar-refractivity contribution in [3.8, 4) is 11.5 Å². The number of para-hydroxylation sites is 1. The topological polar surface area (TPSA) is 135 Å². The van der Waals surface area contributed by atoms with Crippen LogP contribution in [0.25, 0.3) is 11.2 Å². The highest BCUT2D eigenvalue weighted by atomic mass is 16.6. The van der Waals surface area contributed by atoms with Crippen LogP contribution in [0.2, 0.25) is 0 Å². The van der Waals surface area contributed by atoms with Crippen LogP contribution in [0.5, 0.6) is 11.5 Å². The van der Waals surface area contributed by atoms with Crippen LogP contribution in [0.15, 0.2) is 67.3 Å². The van der Waals surface area contributed by atoms with Crippen LogP contribution in [0.1, 0.15) is 6.23 Å². The average Bonchev–Trinajstić information content (AvgIpc) is 3.37. The highest BCUT2D eigenvalue weighted by Gasteiger charge is 2.44. The second kappa shape index (κ2) is 8.52. The van der Waals surface area contributed by atoms with Crippen molar-refractivity contribution in [2.45, 2.75) is 24.5 Å². The van der Waals surface area contributed by atoms with Crippen LogP contribution in [0.3, 0.4) is 0 Å². The summed E-state index contributed by atoms with van der Waals surface area (Å²) in [6.45, 7) is -0.410. The molecule has 3 heterocycles. The van der Waals surface area contributed by atoms with Gasteiger partial charge in [-0.2, -0.15) is 0 Å². The summed E-state index contributed by atoms with van der Waals surface area (Å²) in [6.07, 6.45) is -1.42. The van der Waals surface area contributed by atoms with Crippen LogP contribution < -0.4 is 10.1 Å². The van der Waals surface area contributed by atoms with Gasteiger partial charge < -0.3 is 30.1 Å². The maximum absolute atomic E-state index is 10.3. The SMILES string of the molecule is OCC1OC(n2cnc3c(Nc4ccc(Oc5ccccc5)cc4)ncnc32)C(O)C1O. The Bertz CT molecular complexity index is 1200. The minimum Gasteiger partial charge on any atom is -0.457 e. The lowest BCUT2D eigenvalue weighted by molar-refractivity contribution is -0.0511. The number of imidazole rings is 1. The molecule has 0 radical (unpaired) electrons. The summed E-state index contributed by atoms with van der Waals surface area (Å²) < 4.78 is 12.9. The first-order chi connectivity index (χ1) is 15.6. The molecule has 1 saturated heterocycles. The number of aliphatic hydroxyl groups is 3. The number of aromatic nitrogens is 4. The van der Waals surface area contributed by atoms with Gasteiger partial charge in [-0.1, -0.05) is 18.2 Å². The number of rotatable bonds is 6. The Labute approximate surface area is 182 Å². The monoisotopic (exact) mass is 435 g/mol. The Balaban J connectivity index is 1.36. The summed E-state index contributed by atoms with van der Waals surface area (Å²) in [5, 5.41) is 32.9. The lowest BCUT2D eigenvalue weighted by Gasteiger charge is -2.16. The molecule has 32 heavy (non-hydrogen) atoms. The summed E-state index contributed by atoms with van der Waals surface area (Å²) in [4.78, 5) is 12.9. The molecule has 164 valence electrons. The van der Waals surface area contributed by atoms with E-state index in [0.717, 1.165) is 11.4 Å². The summed E-state index contributed by atoms with van der Waals surface area (Å²) in [6, 6.07) is 16.9. The second-order valence-electron chi connectivity index (χ2n) is 7.34. The third kappa shape index (κ3) is 3.76. The second-order valence-corrected chi connectivity index (χ2v) is 7.34. The Kier molecular flexibility index (Phi) is 5.41. The van der Waals surface area contributed by atoms with Crippen LogP contribution in [0, 0.1) is 0 Å². The molecule has 4 unspecified atom stereocenters. The number of hydrogen-bond donors (Lipinski definition) is 4. The molecule has 2 aromatic carbocycles. The molecule has 4 aromatic rings. The quantitative estimate of drug-likeness (QED) is 0.358. The first-order valence-electron chi connectivity index (χ1n) is 10.0. The fraction of sp³-hybridized carbons (Fsp3) is 0.227. The summed E-state index contributed by atoms with van der Waals surface area (Å²) in [5.41, 5.74) is 1.66. The van der Waals surface area contributed by atoms with Crippen molar-refractivity contribution in [2.75, 3.05) is 11.9 Å². The molecule has 0 amide bonds. The van der Waals surface area contributed by atoms with E-state index in [0.29, 0.717) is 22.7 Å². The van der Waals surface area contributed by atoms with E-state index in [1.54, 1.807) is 0 Å². The van der Waals surface area contributed by atoms with Crippen molar-refractivity contribution in [2.24, 2.45) is 0 Å². The number of nitrogens with zero attached hydrogens (tertiary/aromatic N) is 4. The molecule has 10 heteroatoms. The molecule has 0 aliphatic carbocycles. The Morgan fingerprint density at radius 1 is 0.938 bits per heavy atom. The maximum Gasteiger partial charge on any atom is 0.167 e. The zero-order chi connectivity index (χ0) is 22.1. The molecular formula is C22H21N5O5. The zero-order valence-electron chi connectivity index (χ0n) is 16.8. The number of ether oxygens (including phenoxy) is 2. The number of nitrogens with one attached hydrogen (secondary N) is 1. The van der Waals surface area contributed by atoms with E-state index in [1.165, 1.54) is 17.2 Å². The van der Waals surface area contributed by atoms with Crippen LogP contribution in [-0.4, -0.2) is 59.8 Å². The minimum absolute atomic E-state index is 0.410. The fourth-order valence-electron chi connectivity index (χ4n) is 3.61. The van der Waals surface area contributed by atoms with Crippen molar-refractivity contribution >= 4 is 22.7 Å². The molecule has 2 aromatic heterocycles. The fourth-order valence-corrected chi connectivity index (χ4v) is 3.61. The van der Waals surface area contributed by atoms with Crippen molar-refractivity contribution < 1.29 is 24.8 Å². The highest BCUT2D eigenvalue weighted by Crippen LogP contribution is 2.32. The molecule has 4 N–H and O–H groups in total. The van der Waals surface area contributed by atoms with Gasteiger partial charge in [-0.05, 0) is 36.4 Å². The molecule has 0 saturated carbocycles. The van der Waals surface area contributed by atoms with E-state index in [-0.39, 0.29) is 0 Å². The van der Waals surface area contributed by atoms with E-state index < -0.39 is 31.1 Å². The number of aliphatic hydroxyl groups excluding tert-OH is 3.